The molecule has 91 valence electrons. The van der Waals surface area contributed by atoms with E-state index in [0.717, 1.165) is 0 Å². The molecule has 0 aromatic heterocycles. The van der Waals surface area contributed by atoms with Crippen molar-refractivity contribution in [3.63, 3.8) is 0 Å². The second kappa shape index (κ2) is 5.90. The van der Waals surface area contributed by atoms with Crippen LogP contribution in [0.3, 0.4) is 0 Å². The van der Waals surface area contributed by atoms with Gasteiger partial charge in [-0.1, -0.05) is 0 Å². The number of hydrogen-bond donors (Lipinski definition) is 0. The first kappa shape index (κ1) is 19.5. The average Bonchev–Trinajstić information content (AvgIpc) is 2.29. The van der Waals surface area contributed by atoms with Crippen LogP contribution < -0.4 is 24.8 Å². The summed E-state index contributed by atoms with van der Waals surface area (Å²) in [7, 11) is -2.21. The van der Waals surface area contributed by atoms with Gasteiger partial charge in [-0.05, 0) is 0 Å². The number of allylic oxidation sites excluding steroid dienone is 4. The molecule has 0 saturated heterocycles. The first-order chi connectivity index (χ1) is 6.06. The van der Waals surface area contributed by atoms with Gasteiger partial charge in [0.1, 0.15) is 0 Å². The smallest absolute Gasteiger partial charge is 1.00 e. The molecule has 0 bridgehead atoms. The Kier molecular flexibility index (Phi) is 7.21. The zero-order valence-corrected chi connectivity index (χ0v) is 16.1. The van der Waals surface area contributed by atoms with Crippen LogP contribution >= 0.6 is 0 Å². The normalized spacial score (nSPS) is 24.6. The second-order valence-electron chi connectivity index (χ2n) is 6.30. The van der Waals surface area contributed by atoms with Crippen molar-refractivity contribution in [3.05, 3.63) is 23.4 Å². The number of hydrogen-bond acceptors (Lipinski definition) is 0. The van der Waals surface area contributed by atoms with Gasteiger partial charge in [0.25, 0.3) is 0 Å². The van der Waals surface area contributed by atoms with E-state index in [2.05, 4.69) is 77.9 Å². The second-order valence-corrected chi connectivity index (χ2v) is 18.8. The van der Waals surface area contributed by atoms with E-state index in [0.29, 0.717) is 3.34 Å². The van der Waals surface area contributed by atoms with E-state index >= 15 is 0 Å². The van der Waals surface area contributed by atoms with Crippen LogP contribution in [-0.4, -0.2) is 16.1 Å². The summed E-state index contributed by atoms with van der Waals surface area (Å²) in [4.78, 5) is 0. The van der Waals surface area contributed by atoms with Crippen molar-refractivity contribution in [2.24, 2.45) is 0 Å². The first-order valence-electron chi connectivity index (χ1n) is 5.24. The third-order valence-electron chi connectivity index (χ3n) is 3.02. The quantitative estimate of drug-likeness (QED) is 0.512. The number of halogens is 2. The molecule has 1 aliphatic rings. The molecule has 0 spiro atoms. The molecule has 0 amide bonds. The molecule has 0 nitrogen and oxygen atoms in total. The molecule has 0 aliphatic heterocycles. The summed E-state index contributed by atoms with van der Waals surface area (Å²) in [5.41, 5.74) is 0. The van der Waals surface area contributed by atoms with E-state index < -0.39 is 16.1 Å². The van der Waals surface area contributed by atoms with Gasteiger partial charge in [0.2, 0.25) is 0 Å². The van der Waals surface area contributed by atoms with Crippen LogP contribution in [0.1, 0.15) is 0 Å². The number of rotatable bonds is 2. The van der Waals surface area contributed by atoms with E-state index in [1.165, 1.54) is 0 Å². The van der Waals surface area contributed by atoms with E-state index in [4.69, 9.17) is 0 Å². The van der Waals surface area contributed by atoms with Crippen molar-refractivity contribution in [2.75, 3.05) is 0 Å². The van der Waals surface area contributed by atoms with Crippen LogP contribution in [0.15, 0.2) is 23.4 Å². The van der Waals surface area contributed by atoms with Gasteiger partial charge in [0.15, 0.2) is 0 Å². The maximum atomic E-state index is 2.56. The van der Waals surface area contributed by atoms with Crippen molar-refractivity contribution in [2.45, 2.75) is 42.6 Å². The molecule has 0 fully saturated rings. The molecule has 0 radical (unpaired) electrons. The Hall–Kier alpha value is 1.21. The van der Waals surface area contributed by atoms with Gasteiger partial charge < -0.3 is 24.8 Å². The Labute approximate surface area is 127 Å². The van der Waals surface area contributed by atoms with Crippen LogP contribution in [-0.2, 0) is 20.4 Å². The Bertz CT molecular complexity index is 300. The topological polar surface area (TPSA) is 0 Å². The van der Waals surface area contributed by atoms with Crippen molar-refractivity contribution in [1.82, 2.24) is 0 Å². The van der Waals surface area contributed by atoms with Crippen LogP contribution in [0.5, 0.6) is 0 Å². The van der Waals surface area contributed by atoms with Gasteiger partial charge in [-0.3, -0.25) is 0 Å². The summed E-state index contributed by atoms with van der Waals surface area (Å²) in [6.45, 7) is 14.7. The summed E-state index contributed by atoms with van der Waals surface area (Å²) in [5, 5.41) is 1.64. The largest absolute Gasteiger partial charge is 1.00 e. The molecule has 5 heteroatoms. The van der Waals surface area contributed by atoms with Crippen molar-refractivity contribution >= 4 is 16.1 Å². The predicted molar refractivity (Wildman–Crippen MR) is 66.6 cm³/mol. The fraction of sp³-hybridized carbons (Fsp3) is 0.636. The summed E-state index contributed by atoms with van der Waals surface area (Å²) in [6, 6.07) is 0. The fourth-order valence-corrected chi connectivity index (χ4v) is 4.65. The molecule has 0 N–H and O–H groups in total. The maximum absolute atomic E-state index is 2.56. The molecular weight excluding hydrogens is 307 g/mol. The molecule has 0 aromatic carbocycles. The standard InChI is InChI=1S/C11H21Si2.2ClH.Ti/c1-12(2,3)10-7-8-11(9-10)13(4,5)6;;;/h7-9H,1-6H3;2*1H;/q;;;+2/p-2. The van der Waals surface area contributed by atoms with Gasteiger partial charge in [-0.25, -0.2) is 0 Å². The van der Waals surface area contributed by atoms with Crippen LogP contribution in [0.25, 0.3) is 0 Å². The third-order valence-corrected chi connectivity index (χ3v) is 11.9. The first-order valence-corrected chi connectivity index (χ1v) is 13.0. The fourth-order valence-electron chi connectivity index (χ4n) is 1.50. The average molecular weight is 328 g/mol. The summed E-state index contributed by atoms with van der Waals surface area (Å²) < 4.78 is 0.391. The third kappa shape index (κ3) is 4.15. The molecule has 16 heavy (non-hydrogen) atoms. The van der Waals surface area contributed by atoms with Crippen LogP contribution in [0, 0.1) is 0 Å². The van der Waals surface area contributed by atoms with Crippen LogP contribution in [0.4, 0.5) is 0 Å². The van der Waals surface area contributed by atoms with Crippen molar-refractivity contribution in [1.29, 1.82) is 0 Å². The Morgan fingerprint density at radius 3 is 1.62 bits per heavy atom. The van der Waals surface area contributed by atoms with E-state index in [9.17, 15) is 0 Å². The van der Waals surface area contributed by atoms with Gasteiger partial charge >= 0.3 is 103 Å². The molecule has 1 unspecified atom stereocenters. The minimum Gasteiger partial charge on any atom is -1.00 e. The van der Waals surface area contributed by atoms with Gasteiger partial charge in [-0.2, -0.15) is 0 Å². The molecule has 1 atom stereocenters. The Morgan fingerprint density at radius 2 is 1.44 bits per heavy atom. The van der Waals surface area contributed by atoms with Crippen LogP contribution in [0.2, 0.25) is 42.6 Å². The summed E-state index contributed by atoms with van der Waals surface area (Å²) in [6.07, 6.45) is 7.41. The molecule has 0 heterocycles. The summed E-state index contributed by atoms with van der Waals surface area (Å²) in [5.74, 6) is 0. The zero-order valence-electron chi connectivity index (χ0n) is 11.0. The molecule has 1 aliphatic carbocycles. The van der Waals surface area contributed by atoms with E-state index in [-0.39, 0.29) is 24.8 Å². The Balaban J connectivity index is 0. The summed E-state index contributed by atoms with van der Waals surface area (Å²) >= 11 is 2.41. The SMILES string of the molecule is C[Si](C)(C)C1=C[C]([Ti+2])([Si](C)(C)C)C=C1.[Cl-].[Cl-]. The minimum atomic E-state index is -1.11. The molecule has 0 saturated carbocycles. The molecular formula is C11H21Cl2Si2Ti. The van der Waals surface area contributed by atoms with Gasteiger partial charge in [0, 0.05) is 0 Å². The van der Waals surface area contributed by atoms with Crippen molar-refractivity contribution in [3.8, 4) is 0 Å². The molecule has 0 aromatic rings. The van der Waals surface area contributed by atoms with Gasteiger partial charge in [0.05, 0.1) is 0 Å². The van der Waals surface area contributed by atoms with Crippen molar-refractivity contribution < 1.29 is 45.2 Å². The Morgan fingerprint density at radius 1 is 1.00 bits per heavy atom. The van der Waals surface area contributed by atoms with E-state index in [1.807, 2.05) is 0 Å². The van der Waals surface area contributed by atoms with E-state index in [1.54, 1.807) is 5.20 Å². The molecule has 1 rings (SSSR count). The van der Waals surface area contributed by atoms with Gasteiger partial charge in [-0.15, -0.1) is 0 Å². The zero-order chi connectivity index (χ0) is 11.2. The minimum absolute atomic E-state index is 0. The predicted octanol–water partition coefficient (Wildman–Crippen LogP) is -2.05. The maximum Gasteiger partial charge on any atom is -1.00 e. The monoisotopic (exact) mass is 327 g/mol.